The molecule has 1 aliphatic rings. The van der Waals surface area contributed by atoms with Gasteiger partial charge < -0.3 is 4.79 Å². The molecule has 0 aromatic heterocycles. The third-order valence-electron chi connectivity index (χ3n) is 3.82. The average molecular weight is 216 g/mol. The van der Waals surface area contributed by atoms with Crippen LogP contribution in [0.1, 0.15) is 49.7 Å². The fourth-order valence-corrected chi connectivity index (χ4v) is 2.61. The van der Waals surface area contributed by atoms with Crippen LogP contribution in [0.5, 0.6) is 0 Å². The molecule has 0 unspecified atom stereocenters. The molecule has 1 fully saturated rings. The lowest BCUT2D eigenvalue weighted by Gasteiger charge is -2.25. The Morgan fingerprint density at radius 2 is 1.75 bits per heavy atom. The number of hydrogen-bond acceptors (Lipinski definition) is 1. The quantitative estimate of drug-likeness (QED) is 0.704. The van der Waals surface area contributed by atoms with Crippen molar-refractivity contribution in [3.63, 3.8) is 0 Å². The summed E-state index contributed by atoms with van der Waals surface area (Å²) < 4.78 is 0. The number of benzene rings is 1. The van der Waals surface area contributed by atoms with Crippen LogP contribution in [0.2, 0.25) is 0 Å². The first kappa shape index (κ1) is 11.4. The van der Waals surface area contributed by atoms with Crippen LogP contribution in [0.15, 0.2) is 24.3 Å². The van der Waals surface area contributed by atoms with Gasteiger partial charge in [0.25, 0.3) is 0 Å². The molecule has 0 heterocycles. The molecule has 1 nitrogen and oxygen atoms in total. The average Bonchev–Trinajstić information content (AvgIpc) is 2.39. The summed E-state index contributed by atoms with van der Waals surface area (Å²) >= 11 is 0. The molecule has 86 valence electrons. The molecule has 1 aliphatic carbocycles. The largest absolute Gasteiger partial charge is 0.303 e. The van der Waals surface area contributed by atoms with Gasteiger partial charge >= 0.3 is 0 Å². The SMILES string of the molecule is CCc1ccc(C2CCC(C=O)CC2)cc1. The van der Waals surface area contributed by atoms with E-state index in [1.165, 1.54) is 24.0 Å². The van der Waals surface area contributed by atoms with Crippen molar-refractivity contribution in [2.24, 2.45) is 5.92 Å². The summed E-state index contributed by atoms with van der Waals surface area (Å²) in [6, 6.07) is 9.01. The number of hydrogen-bond donors (Lipinski definition) is 0. The monoisotopic (exact) mass is 216 g/mol. The molecule has 0 radical (unpaired) electrons. The highest BCUT2D eigenvalue weighted by molar-refractivity contribution is 5.53. The smallest absolute Gasteiger partial charge is 0.123 e. The first-order valence-electron chi connectivity index (χ1n) is 6.37. The Bertz CT molecular complexity index is 331. The lowest BCUT2D eigenvalue weighted by atomic mass is 9.79. The third-order valence-corrected chi connectivity index (χ3v) is 3.82. The maximum Gasteiger partial charge on any atom is 0.123 e. The van der Waals surface area contributed by atoms with Crippen molar-refractivity contribution in [3.05, 3.63) is 35.4 Å². The molecular formula is C15H20O. The Kier molecular flexibility index (Phi) is 3.76. The molecule has 0 atom stereocenters. The first-order chi connectivity index (χ1) is 7.83. The molecule has 1 aromatic carbocycles. The van der Waals surface area contributed by atoms with Crippen LogP contribution in [-0.2, 0) is 11.2 Å². The Morgan fingerprint density at radius 1 is 1.12 bits per heavy atom. The van der Waals surface area contributed by atoms with Crippen LogP contribution in [0.25, 0.3) is 0 Å². The fourth-order valence-electron chi connectivity index (χ4n) is 2.61. The highest BCUT2D eigenvalue weighted by Crippen LogP contribution is 2.34. The number of aldehydes is 1. The second-order valence-corrected chi connectivity index (χ2v) is 4.84. The van der Waals surface area contributed by atoms with Gasteiger partial charge in [0.1, 0.15) is 6.29 Å². The minimum atomic E-state index is 0.325. The van der Waals surface area contributed by atoms with E-state index >= 15 is 0 Å². The summed E-state index contributed by atoms with van der Waals surface area (Å²) in [7, 11) is 0. The van der Waals surface area contributed by atoms with Crippen molar-refractivity contribution >= 4 is 6.29 Å². The number of carbonyl (C=O) groups is 1. The number of rotatable bonds is 3. The standard InChI is InChI=1S/C15H20O/c1-2-12-3-7-14(8-4-12)15-9-5-13(11-16)6-10-15/h3-4,7-8,11,13,15H,2,5-6,9-10H2,1H3. The van der Waals surface area contributed by atoms with Gasteiger partial charge in [-0.1, -0.05) is 31.2 Å². The zero-order valence-electron chi connectivity index (χ0n) is 9.99. The fraction of sp³-hybridized carbons (Fsp3) is 0.533. The molecule has 0 aliphatic heterocycles. The van der Waals surface area contributed by atoms with Gasteiger partial charge in [-0.15, -0.1) is 0 Å². The van der Waals surface area contributed by atoms with Crippen molar-refractivity contribution in [3.8, 4) is 0 Å². The number of aryl methyl sites for hydroxylation is 1. The van der Waals surface area contributed by atoms with Gasteiger partial charge in [-0.25, -0.2) is 0 Å². The molecule has 0 saturated heterocycles. The molecule has 1 saturated carbocycles. The van der Waals surface area contributed by atoms with E-state index in [9.17, 15) is 4.79 Å². The molecule has 2 rings (SSSR count). The van der Waals surface area contributed by atoms with Crippen LogP contribution in [0.3, 0.4) is 0 Å². The molecule has 0 spiro atoms. The summed E-state index contributed by atoms with van der Waals surface area (Å²) in [5.41, 5.74) is 2.87. The molecule has 0 amide bonds. The normalized spacial score (nSPS) is 25.3. The highest BCUT2D eigenvalue weighted by atomic mass is 16.1. The summed E-state index contributed by atoms with van der Waals surface area (Å²) in [5, 5.41) is 0. The first-order valence-corrected chi connectivity index (χ1v) is 6.37. The van der Waals surface area contributed by atoms with Crippen molar-refractivity contribution in [1.82, 2.24) is 0 Å². The summed E-state index contributed by atoms with van der Waals surface area (Å²) in [6.45, 7) is 2.18. The van der Waals surface area contributed by atoms with Crippen LogP contribution >= 0.6 is 0 Å². The lowest BCUT2D eigenvalue weighted by Crippen LogP contribution is -2.14. The maximum atomic E-state index is 10.7. The predicted molar refractivity (Wildman–Crippen MR) is 66.6 cm³/mol. The van der Waals surface area contributed by atoms with Gasteiger partial charge in [0.15, 0.2) is 0 Å². The zero-order valence-corrected chi connectivity index (χ0v) is 9.99. The van der Waals surface area contributed by atoms with Gasteiger partial charge in [-0.05, 0) is 49.1 Å². The molecule has 16 heavy (non-hydrogen) atoms. The van der Waals surface area contributed by atoms with E-state index in [1.54, 1.807) is 0 Å². The molecule has 1 heteroatoms. The highest BCUT2D eigenvalue weighted by Gasteiger charge is 2.21. The zero-order chi connectivity index (χ0) is 11.4. The van der Waals surface area contributed by atoms with E-state index in [2.05, 4.69) is 31.2 Å². The van der Waals surface area contributed by atoms with Crippen LogP contribution in [0, 0.1) is 5.92 Å². The summed E-state index contributed by atoms with van der Waals surface area (Å²) in [5.74, 6) is 1.01. The van der Waals surface area contributed by atoms with Gasteiger partial charge in [-0.3, -0.25) is 0 Å². The van der Waals surface area contributed by atoms with Crippen molar-refractivity contribution < 1.29 is 4.79 Å². The summed E-state index contributed by atoms with van der Waals surface area (Å²) in [4.78, 5) is 10.7. The predicted octanol–water partition coefficient (Wildman–Crippen LogP) is 3.72. The van der Waals surface area contributed by atoms with Gasteiger partial charge in [0.2, 0.25) is 0 Å². The van der Waals surface area contributed by atoms with Crippen LogP contribution < -0.4 is 0 Å². The van der Waals surface area contributed by atoms with E-state index < -0.39 is 0 Å². The van der Waals surface area contributed by atoms with Crippen LogP contribution in [-0.4, -0.2) is 6.29 Å². The Balaban J connectivity index is 1.99. The molecule has 1 aromatic rings. The lowest BCUT2D eigenvalue weighted by molar-refractivity contribution is -0.111. The number of carbonyl (C=O) groups excluding carboxylic acids is 1. The minimum Gasteiger partial charge on any atom is -0.303 e. The van der Waals surface area contributed by atoms with E-state index in [0.717, 1.165) is 25.5 Å². The summed E-state index contributed by atoms with van der Waals surface area (Å²) in [6.07, 6.45) is 6.74. The van der Waals surface area contributed by atoms with Gasteiger partial charge in [0, 0.05) is 5.92 Å². The maximum absolute atomic E-state index is 10.7. The Hall–Kier alpha value is -1.11. The second kappa shape index (κ2) is 5.29. The minimum absolute atomic E-state index is 0.325. The molecular weight excluding hydrogens is 196 g/mol. The second-order valence-electron chi connectivity index (χ2n) is 4.84. The Labute approximate surface area is 97.9 Å². The third kappa shape index (κ3) is 2.52. The van der Waals surface area contributed by atoms with Crippen molar-refractivity contribution in [2.75, 3.05) is 0 Å². The van der Waals surface area contributed by atoms with Gasteiger partial charge in [0.05, 0.1) is 0 Å². The van der Waals surface area contributed by atoms with E-state index in [1.807, 2.05) is 0 Å². The molecule has 0 N–H and O–H groups in total. The van der Waals surface area contributed by atoms with Crippen molar-refractivity contribution in [2.45, 2.75) is 44.9 Å². The topological polar surface area (TPSA) is 17.1 Å². The van der Waals surface area contributed by atoms with Gasteiger partial charge in [-0.2, -0.15) is 0 Å². The van der Waals surface area contributed by atoms with E-state index in [0.29, 0.717) is 11.8 Å². The van der Waals surface area contributed by atoms with Crippen molar-refractivity contribution in [1.29, 1.82) is 0 Å². The van der Waals surface area contributed by atoms with Crippen LogP contribution in [0.4, 0.5) is 0 Å². The molecule has 0 bridgehead atoms. The van der Waals surface area contributed by atoms with E-state index in [-0.39, 0.29) is 0 Å². The Morgan fingerprint density at radius 3 is 2.25 bits per heavy atom. The van der Waals surface area contributed by atoms with E-state index in [4.69, 9.17) is 0 Å².